The first kappa shape index (κ1) is 15.9. The third-order valence-corrected chi connectivity index (χ3v) is 4.70. The van der Waals surface area contributed by atoms with Gasteiger partial charge in [-0.2, -0.15) is 0 Å². The van der Waals surface area contributed by atoms with Crippen molar-refractivity contribution in [2.24, 2.45) is 0 Å². The molecule has 0 amide bonds. The van der Waals surface area contributed by atoms with Crippen molar-refractivity contribution in [3.05, 3.63) is 69.6 Å². The predicted octanol–water partition coefficient (Wildman–Crippen LogP) is 5.35. The smallest absolute Gasteiger partial charge is 0.163 e. The van der Waals surface area contributed by atoms with Crippen molar-refractivity contribution in [3.8, 4) is 16.3 Å². The highest BCUT2D eigenvalue weighted by Crippen LogP contribution is 2.26. The molecule has 5 heteroatoms. The number of Topliss-reactive ketones (excluding diaryl/α,β-unsaturated/α-hetero) is 1. The van der Waals surface area contributed by atoms with Gasteiger partial charge in [0, 0.05) is 15.4 Å². The summed E-state index contributed by atoms with van der Waals surface area (Å²) in [7, 11) is 0. The van der Waals surface area contributed by atoms with E-state index in [2.05, 4.69) is 20.9 Å². The SMILES string of the molecule is CC(=O)c1cc(Br)ccc1OCc1csc(-c2ccccc2)n1. The fraction of sp³-hybridized carbons (Fsp3) is 0.111. The van der Waals surface area contributed by atoms with Crippen molar-refractivity contribution in [1.82, 2.24) is 4.98 Å². The maximum absolute atomic E-state index is 11.7. The molecule has 0 saturated carbocycles. The molecule has 0 bridgehead atoms. The van der Waals surface area contributed by atoms with Gasteiger partial charge >= 0.3 is 0 Å². The van der Waals surface area contributed by atoms with E-state index in [0.717, 1.165) is 20.7 Å². The van der Waals surface area contributed by atoms with Crippen LogP contribution in [0, 0.1) is 0 Å². The number of aromatic nitrogens is 1. The standard InChI is InChI=1S/C18H14BrNO2S/c1-12(21)16-9-14(19)7-8-17(16)22-10-15-11-23-18(20-15)13-5-3-2-4-6-13/h2-9,11H,10H2,1H3. The lowest BCUT2D eigenvalue weighted by Gasteiger charge is -2.09. The molecule has 0 radical (unpaired) electrons. The van der Waals surface area contributed by atoms with Crippen LogP contribution in [-0.2, 0) is 6.61 Å². The van der Waals surface area contributed by atoms with Crippen LogP contribution in [0.3, 0.4) is 0 Å². The molecular weight excluding hydrogens is 374 g/mol. The maximum atomic E-state index is 11.7. The number of nitrogens with zero attached hydrogens (tertiary/aromatic N) is 1. The second kappa shape index (κ2) is 7.06. The van der Waals surface area contributed by atoms with Crippen LogP contribution in [-0.4, -0.2) is 10.8 Å². The molecule has 0 saturated heterocycles. The highest BCUT2D eigenvalue weighted by molar-refractivity contribution is 9.10. The monoisotopic (exact) mass is 387 g/mol. The lowest BCUT2D eigenvalue weighted by Crippen LogP contribution is -2.02. The summed E-state index contributed by atoms with van der Waals surface area (Å²) >= 11 is 4.96. The van der Waals surface area contributed by atoms with E-state index in [1.165, 1.54) is 6.92 Å². The lowest BCUT2D eigenvalue weighted by atomic mass is 10.1. The zero-order valence-electron chi connectivity index (χ0n) is 12.5. The number of halogens is 1. The van der Waals surface area contributed by atoms with Crippen LogP contribution in [0.4, 0.5) is 0 Å². The van der Waals surface area contributed by atoms with Crippen LogP contribution in [0.25, 0.3) is 10.6 Å². The van der Waals surface area contributed by atoms with Crippen LogP contribution < -0.4 is 4.74 Å². The van der Waals surface area contributed by atoms with Crippen LogP contribution in [0.5, 0.6) is 5.75 Å². The number of carbonyl (C=O) groups excluding carboxylic acids is 1. The van der Waals surface area contributed by atoms with Crippen molar-refractivity contribution >= 4 is 33.0 Å². The van der Waals surface area contributed by atoms with E-state index >= 15 is 0 Å². The molecule has 3 nitrogen and oxygen atoms in total. The average molecular weight is 388 g/mol. The molecule has 0 aliphatic carbocycles. The number of ketones is 1. The fourth-order valence-electron chi connectivity index (χ4n) is 2.14. The topological polar surface area (TPSA) is 39.2 Å². The van der Waals surface area contributed by atoms with E-state index in [9.17, 15) is 4.79 Å². The maximum Gasteiger partial charge on any atom is 0.163 e. The number of ether oxygens (including phenoxy) is 1. The zero-order valence-corrected chi connectivity index (χ0v) is 14.9. The second-order valence-corrected chi connectivity index (χ2v) is 6.77. The Kier molecular flexibility index (Phi) is 4.88. The van der Waals surface area contributed by atoms with Gasteiger partial charge in [-0.3, -0.25) is 4.79 Å². The van der Waals surface area contributed by atoms with Gasteiger partial charge in [0.05, 0.1) is 11.3 Å². The Bertz CT molecular complexity index is 830. The molecule has 23 heavy (non-hydrogen) atoms. The van der Waals surface area contributed by atoms with E-state index in [4.69, 9.17) is 4.74 Å². The highest BCUT2D eigenvalue weighted by atomic mass is 79.9. The molecule has 3 aromatic rings. The quantitative estimate of drug-likeness (QED) is 0.553. The number of carbonyl (C=O) groups is 1. The van der Waals surface area contributed by atoms with Crippen LogP contribution in [0.1, 0.15) is 23.0 Å². The Hall–Kier alpha value is -1.98. The lowest BCUT2D eigenvalue weighted by molar-refractivity contribution is 0.101. The minimum atomic E-state index is -0.0236. The molecule has 0 aliphatic heterocycles. The van der Waals surface area contributed by atoms with Gasteiger partial charge in [0.25, 0.3) is 0 Å². The molecule has 0 atom stereocenters. The summed E-state index contributed by atoms with van der Waals surface area (Å²) in [5, 5.41) is 2.95. The minimum absolute atomic E-state index is 0.0236. The summed E-state index contributed by atoms with van der Waals surface area (Å²) in [6.07, 6.45) is 0. The zero-order chi connectivity index (χ0) is 16.2. The van der Waals surface area contributed by atoms with E-state index in [1.807, 2.05) is 41.8 Å². The fourth-order valence-corrected chi connectivity index (χ4v) is 3.31. The van der Waals surface area contributed by atoms with Gasteiger partial charge in [0.15, 0.2) is 5.78 Å². The molecule has 0 fully saturated rings. The van der Waals surface area contributed by atoms with Crippen LogP contribution >= 0.6 is 27.3 Å². The summed E-state index contributed by atoms with van der Waals surface area (Å²) in [5.74, 6) is 0.555. The molecule has 2 aromatic carbocycles. The largest absolute Gasteiger partial charge is 0.487 e. The van der Waals surface area contributed by atoms with Crippen LogP contribution in [0.15, 0.2) is 58.4 Å². The normalized spacial score (nSPS) is 10.5. The number of benzene rings is 2. The van der Waals surface area contributed by atoms with E-state index in [1.54, 1.807) is 23.5 Å². The molecule has 0 unspecified atom stereocenters. The number of thiazole rings is 1. The number of rotatable bonds is 5. The Balaban J connectivity index is 1.75. The van der Waals surface area contributed by atoms with Gasteiger partial charge in [0.2, 0.25) is 0 Å². The molecule has 0 spiro atoms. The summed E-state index contributed by atoms with van der Waals surface area (Å²) in [4.78, 5) is 16.3. The molecule has 1 heterocycles. The highest BCUT2D eigenvalue weighted by Gasteiger charge is 2.11. The van der Waals surface area contributed by atoms with Crippen LogP contribution in [0.2, 0.25) is 0 Å². The van der Waals surface area contributed by atoms with E-state index < -0.39 is 0 Å². The summed E-state index contributed by atoms with van der Waals surface area (Å²) in [6.45, 7) is 1.87. The van der Waals surface area contributed by atoms with E-state index in [0.29, 0.717) is 17.9 Å². The van der Waals surface area contributed by atoms with Gasteiger partial charge in [-0.05, 0) is 25.1 Å². The first-order valence-electron chi connectivity index (χ1n) is 7.06. The Morgan fingerprint density at radius 3 is 2.74 bits per heavy atom. The van der Waals surface area contributed by atoms with Gasteiger partial charge in [-0.25, -0.2) is 4.98 Å². The Morgan fingerprint density at radius 2 is 2.00 bits per heavy atom. The molecular formula is C18H14BrNO2S. The van der Waals surface area contributed by atoms with E-state index in [-0.39, 0.29) is 5.78 Å². The summed E-state index contributed by atoms with van der Waals surface area (Å²) < 4.78 is 6.65. The van der Waals surface area contributed by atoms with Crippen molar-refractivity contribution in [1.29, 1.82) is 0 Å². The average Bonchev–Trinajstić information content (AvgIpc) is 3.03. The van der Waals surface area contributed by atoms with Gasteiger partial charge in [0.1, 0.15) is 17.4 Å². The first-order chi connectivity index (χ1) is 11.1. The Morgan fingerprint density at radius 1 is 1.22 bits per heavy atom. The number of hydrogen-bond donors (Lipinski definition) is 0. The Labute approximate surface area is 147 Å². The minimum Gasteiger partial charge on any atom is -0.487 e. The predicted molar refractivity (Wildman–Crippen MR) is 96.0 cm³/mol. The molecule has 116 valence electrons. The summed E-state index contributed by atoms with van der Waals surface area (Å²) in [6, 6.07) is 15.5. The van der Waals surface area contributed by atoms with Crippen molar-refractivity contribution in [2.75, 3.05) is 0 Å². The van der Waals surface area contributed by atoms with Gasteiger partial charge in [-0.15, -0.1) is 11.3 Å². The van der Waals surface area contributed by atoms with Crippen molar-refractivity contribution < 1.29 is 9.53 Å². The van der Waals surface area contributed by atoms with Gasteiger partial charge < -0.3 is 4.74 Å². The third-order valence-electron chi connectivity index (χ3n) is 3.27. The third kappa shape index (κ3) is 3.86. The van der Waals surface area contributed by atoms with Crippen molar-refractivity contribution in [2.45, 2.75) is 13.5 Å². The number of hydrogen-bond acceptors (Lipinski definition) is 4. The second-order valence-electron chi connectivity index (χ2n) is 5.00. The molecule has 0 N–H and O–H groups in total. The van der Waals surface area contributed by atoms with Gasteiger partial charge in [-0.1, -0.05) is 46.3 Å². The first-order valence-corrected chi connectivity index (χ1v) is 8.74. The molecule has 3 rings (SSSR count). The molecule has 0 aliphatic rings. The van der Waals surface area contributed by atoms with Crippen molar-refractivity contribution in [3.63, 3.8) is 0 Å². The molecule has 1 aromatic heterocycles. The summed E-state index contributed by atoms with van der Waals surface area (Å²) in [5.41, 5.74) is 2.51.